The Labute approximate surface area is 291 Å². The second-order valence-corrected chi connectivity index (χ2v) is 14.3. The van der Waals surface area contributed by atoms with Crippen molar-refractivity contribution in [3.8, 4) is 11.5 Å². The van der Waals surface area contributed by atoms with Gasteiger partial charge in [0.25, 0.3) is 0 Å². The summed E-state index contributed by atoms with van der Waals surface area (Å²) in [5, 5.41) is 8.98. The number of hydrogen-bond donors (Lipinski definition) is 3. The molecular weight excluding hydrogens is 670 g/mol. The van der Waals surface area contributed by atoms with Crippen molar-refractivity contribution in [1.82, 2.24) is 20.2 Å². The Morgan fingerprint density at radius 2 is 1.35 bits per heavy atom. The lowest BCUT2D eigenvalue weighted by atomic mass is 9.84. The number of benzene rings is 3. The summed E-state index contributed by atoms with van der Waals surface area (Å²) in [6.07, 6.45) is 0.0559. The average Bonchev–Trinajstić information content (AvgIpc) is 3.57. The number of rotatable bonds is 5. The smallest absolute Gasteiger partial charge is 0.406 e. The Bertz CT molecular complexity index is 2060. The highest BCUT2D eigenvalue weighted by atomic mass is 19.4. The van der Waals surface area contributed by atoms with E-state index in [1.807, 2.05) is 6.07 Å². The molecular formula is C39H40F6N4O2. The topological polar surface area (TPSA) is 63.2 Å². The molecule has 4 bridgehead atoms. The lowest BCUT2D eigenvalue weighted by molar-refractivity contribution is -0.275. The van der Waals surface area contributed by atoms with Gasteiger partial charge in [0.05, 0.1) is 0 Å². The molecule has 6 nitrogen and oxygen atoms in total. The Morgan fingerprint density at radius 1 is 0.725 bits per heavy atom. The number of piperidine rings is 2. The van der Waals surface area contributed by atoms with E-state index in [9.17, 15) is 26.3 Å². The molecule has 12 heteroatoms. The van der Waals surface area contributed by atoms with Crippen molar-refractivity contribution in [3.63, 3.8) is 0 Å². The predicted molar refractivity (Wildman–Crippen MR) is 183 cm³/mol. The molecule has 51 heavy (non-hydrogen) atoms. The second-order valence-electron chi connectivity index (χ2n) is 14.3. The highest BCUT2D eigenvalue weighted by molar-refractivity contribution is 5.88. The molecule has 6 heterocycles. The zero-order valence-electron chi connectivity index (χ0n) is 28.2. The first kappa shape index (κ1) is 34.0. The molecule has 4 atom stereocenters. The third-order valence-electron chi connectivity index (χ3n) is 11.0. The minimum Gasteiger partial charge on any atom is -0.406 e. The van der Waals surface area contributed by atoms with Crippen LogP contribution in [0.25, 0.3) is 21.8 Å². The fraction of sp³-hybridized carbons (Fsp3) is 0.436. The quantitative estimate of drug-likeness (QED) is 0.159. The molecule has 2 aromatic heterocycles. The summed E-state index contributed by atoms with van der Waals surface area (Å²) >= 11 is 0. The predicted octanol–water partition coefficient (Wildman–Crippen LogP) is 9.64. The van der Waals surface area contributed by atoms with E-state index in [0.29, 0.717) is 12.1 Å². The van der Waals surface area contributed by atoms with Crippen molar-refractivity contribution in [2.24, 2.45) is 0 Å². The number of aromatic nitrogens is 2. The minimum absolute atomic E-state index is 0.146. The normalized spacial score (nSPS) is 22.6. The standard InChI is InChI=1S/C24H25F3N2O.C15H15F3N2O/c1-15-5-2-3-6-16(15)11-12-29-21-10-9-18(30-24(25,26)27)14-19(21)23-20-8-4-7-17(28-20)13-22(23)29;16-15(17,18)21-9-4-5-11-10(7-9)14-12-3-1-2-8(19-12)6-13(14)20-11/h2-3,5-6,9-10,14,17,20,28H,4,7-8,11-13H2,1H3;4-5,7-8,12,19-20H,1-3,6H2. The van der Waals surface area contributed by atoms with Crippen LogP contribution in [0, 0.1) is 6.92 Å². The van der Waals surface area contributed by atoms with Gasteiger partial charge in [-0.3, -0.25) is 0 Å². The van der Waals surface area contributed by atoms with Crippen molar-refractivity contribution < 1.29 is 35.8 Å². The van der Waals surface area contributed by atoms with Crippen LogP contribution < -0.4 is 20.1 Å². The van der Waals surface area contributed by atoms with E-state index in [0.717, 1.165) is 97.4 Å². The molecule has 2 saturated heterocycles. The lowest BCUT2D eigenvalue weighted by Gasteiger charge is -2.37. The summed E-state index contributed by atoms with van der Waals surface area (Å²) in [6, 6.07) is 19.1. The van der Waals surface area contributed by atoms with Gasteiger partial charge in [0.15, 0.2) is 0 Å². The number of aryl methyl sites for hydroxylation is 3. The van der Waals surface area contributed by atoms with E-state index >= 15 is 0 Å². The molecule has 9 rings (SSSR count). The van der Waals surface area contributed by atoms with Gasteiger partial charge in [-0.1, -0.05) is 24.3 Å². The number of hydrogen-bond acceptors (Lipinski definition) is 4. The first-order valence-corrected chi connectivity index (χ1v) is 17.8. The zero-order chi connectivity index (χ0) is 35.5. The van der Waals surface area contributed by atoms with Crippen molar-refractivity contribution in [1.29, 1.82) is 0 Å². The van der Waals surface area contributed by atoms with Crippen LogP contribution in [0.15, 0.2) is 60.7 Å². The Balaban J connectivity index is 0.000000156. The number of nitrogens with zero attached hydrogens (tertiary/aromatic N) is 1. The molecule has 4 aliphatic heterocycles. The van der Waals surface area contributed by atoms with Crippen LogP contribution in [0.4, 0.5) is 26.3 Å². The first-order valence-electron chi connectivity index (χ1n) is 17.8. The number of alkyl halides is 6. The van der Waals surface area contributed by atoms with Crippen molar-refractivity contribution in [3.05, 3.63) is 94.3 Å². The molecule has 3 N–H and O–H groups in total. The van der Waals surface area contributed by atoms with Crippen LogP contribution in [-0.2, 0) is 25.8 Å². The number of halogens is 6. The summed E-state index contributed by atoms with van der Waals surface area (Å²) in [5.41, 5.74) is 9.16. The Morgan fingerprint density at radius 3 is 2.04 bits per heavy atom. The first-order chi connectivity index (χ1) is 24.4. The molecule has 0 aliphatic carbocycles. The molecule has 4 unspecified atom stereocenters. The summed E-state index contributed by atoms with van der Waals surface area (Å²) in [6.45, 7) is 2.93. The van der Waals surface area contributed by atoms with Crippen LogP contribution in [-0.4, -0.2) is 34.4 Å². The Hall–Kier alpha value is -4.16. The van der Waals surface area contributed by atoms with Gasteiger partial charge in [-0.25, -0.2) is 0 Å². The van der Waals surface area contributed by atoms with Gasteiger partial charge in [-0.2, -0.15) is 0 Å². The SMILES string of the molecule is Cc1ccccc1CCn1c2c(c3cc(OC(F)(F)F)ccc31)C1CCCC(C2)N1.FC(F)(F)Oc1ccc2[nH]c3c(c2c1)C1CCCC(C3)N1. The van der Waals surface area contributed by atoms with Gasteiger partial charge in [0.2, 0.25) is 0 Å². The maximum absolute atomic E-state index is 12.8. The number of ether oxygens (including phenoxy) is 2. The number of fused-ring (bicyclic) bond motifs is 12. The van der Waals surface area contributed by atoms with Gasteiger partial charge >= 0.3 is 12.7 Å². The van der Waals surface area contributed by atoms with Crippen molar-refractivity contribution >= 4 is 21.8 Å². The molecule has 5 aromatic rings. The van der Waals surface area contributed by atoms with E-state index < -0.39 is 12.7 Å². The summed E-state index contributed by atoms with van der Waals surface area (Å²) < 4.78 is 86.1. The van der Waals surface area contributed by atoms with Crippen LogP contribution in [0.1, 0.15) is 84.3 Å². The fourth-order valence-electron chi connectivity index (χ4n) is 8.90. The monoisotopic (exact) mass is 710 g/mol. The van der Waals surface area contributed by atoms with E-state index in [1.54, 1.807) is 18.2 Å². The molecule has 0 amide bonds. The van der Waals surface area contributed by atoms with Crippen LogP contribution >= 0.6 is 0 Å². The number of aromatic amines is 1. The molecule has 2 fully saturated rings. The second kappa shape index (κ2) is 13.1. The third kappa shape index (κ3) is 7.04. The van der Waals surface area contributed by atoms with Gasteiger partial charge in [0, 0.05) is 76.7 Å². The molecule has 270 valence electrons. The van der Waals surface area contributed by atoms with Gasteiger partial charge in [0.1, 0.15) is 11.5 Å². The van der Waals surface area contributed by atoms with Gasteiger partial charge in [-0.15, -0.1) is 26.3 Å². The number of nitrogens with one attached hydrogen (secondary N) is 3. The number of H-pyrrole nitrogens is 1. The van der Waals surface area contributed by atoms with E-state index in [-0.39, 0.29) is 23.6 Å². The maximum Gasteiger partial charge on any atom is 0.573 e. The summed E-state index contributed by atoms with van der Waals surface area (Å²) in [7, 11) is 0. The summed E-state index contributed by atoms with van der Waals surface area (Å²) in [5.74, 6) is -0.304. The molecule has 4 aliphatic rings. The lowest BCUT2D eigenvalue weighted by Crippen LogP contribution is -2.43. The largest absolute Gasteiger partial charge is 0.573 e. The Kier molecular flexibility index (Phi) is 8.73. The van der Waals surface area contributed by atoms with Crippen LogP contribution in [0.2, 0.25) is 0 Å². The van der Waals surface area contributed by atoms with Crippen molar-refractivity contribution in [2.45, 2.75) is 108 Å². The van der Waals surface area contributed by atoms with Crippen LogP contribution in [0.3, 0.4) is 0 Å². The third-order valence-corrected chi connectivity index (χ3v) is 11.0. The molecule has 0 saturated carbocycles. The highest BCUT2D eigenvalue weighted by Gasteiger charge is 2.37. The highest BCUT2D eigenvalue weighted by Crippen LogP contribution is 2.43. The van der Waals surface area contributed by atoms with E-state index in [1.165, 1.54) is 40.6 Å². The van der Waals surface area contributed by atoms with E-state index in [2.05, 4.69) is 54.8 Å². The molecule has 0 spiro atoms. The zero-order valence-corrected chi connectivity index (χ0v) is 28.2. The van der Waals surface area contributed by atoms with Crippen LogP contribution in [0.5, 0.6) is 11.5 Å². The van der Waals surface area contributed by atoms with Gasteiger partial charge in [-0.05, 0) is 111 Å². The fourth-order valence-corrected chi connectivity index (χ4v) is 8.90. The van der Waals surface area contributed by atoms with E-state index in [4.69, 9.17) is 0 Å². The molecule has 3 aromatic carbocycles. The average molecular weight is 711 g/mol. The summed E-state index contributed by atoms with van der Waals surface area (Å²) in [4.78, 5) is 3.36. The molecule has 0 radical (unpaired) electrons. The van der Waals surface area contributed by atoms with Gasteiger partial charge < -0.3 is 29.7 Å². The maximum atomic E-state index is 12.8. The van der Waals surface area contributed by atoms with Crippen molar-refractivity contribution in [2.75, 3.05) is 0 Å². The minimum atomic E-state index is -4.69.